The maximum Gasteiger partial charge on any atom is 0.251 e. The molecule has 2 heterocycles. The summed E-state index contributed by atoms with van der Waals surface area (Å²) < 4.78 is 0. The highest BCUT2D eigenvalue weighted by atomic mass is 16.2. The molecule has 4 atom stereocenters. The van der Waals surface area contributed by atoms with Crippen LogP contribution in [0.1, 0.15) is 54.2 Å². The summed E-state index contributed by atoms with van der Waals surface area (Å²) in [7, 11) is 0. The molecule has 2 unspecified atom stereocenters. The van der Waals surface area contributed by atoms with Gasteiger partial charge in [-0.05, 0) is 42.0 Å². The number of amides is 3. The fourth-order valence-electron chi connectivity index (χ4n) is 5.31. The predicted molar refractivity (Wildman–Crippen MR) is 139 cm³/mol. The second-order valence-electron chi connectivity index (χ2n) is 10.2. The van der Waals surface area contributed by atoms with Crippen LogP contribution in [-0.2, 0) is 20.9 Å². The summed E-state index contributed by atoms with van der Waals surface area (Å²) in [5, 5.41) is 2.88. The number of nitrogens with two attached hydrogens (primary N) is 2. The number of carbonyl (C=O) groups is 4. The summed E-state index contributed by atoms with van der Waals surface area (Å²) in [6, 6.07) is 13.2. The monoisotopic (exact) mass is 505 g/mol. The van der Waals surface area contributed by atoms with Gasteiger partial charge in [0.1, 0.15) is 18.1 Å². The number of nitrogens with one attached hydrogen (secondary N) is 1. The Hall–Kier alpha value is -3.56. The van der Waals surface area contributed by atoms with E-state index in [2.05, 4.69) is 5.32 Å². The van der Waals surface area contributed by atoms with Crippen LogP contribution in [0.25, 0.3) is 0 Å². The Morgan fingerprint density at radius 3 is 2.43 bits per heavy atom. The number of benzene rings is 2. The Kier molecular flexibility index (Phi) is 8.04. The number of rotatable bonds is 8. The smallest absolute Gasteiger partial charge is 0.251 e. The number of hydrogen-bond donors (Lipinski definition) is 3. The van der Waals surface area contributed by atoms with Gasteiger partial charge in [-0.25, -0.2) is 0 Å². The molecule has 2 saturated heterocycles. The van der Waals surface area contributed by atoms with Gasteiger partial charge in [0, 0.05) is 18.7 Å². The first-order valence-corrected chi connectivity index (χ1v) is 12.7. The Morgan fingerprint density at radius 2 is 1.76 bits per heavy atom. The van der Waals surface area contributed by atoms with Gasteiger partial charge in [-0.1, -0.05) is 56.3 Å². The van der Waals surface area contributed by atoms with Gasteiger partial charge in [0.05, 0.1) is 12.6 Å². The van der Waals surface area contributed by atoms with Crippen molar-refractivity contribution in [3.8, 4) is 0 Å². The summed E-state index contributed by atoms with van der Waals surface area (Å²) in [6.07, 6.45) is 0.904. The van der Waals surface area contributed by atoms with Crippen LogP contribution >= 0.6 is 0 Å². The minimum atomic E-state index is -0.880. The molecule has 5 N–H and O–H groups in total. The molecule has 9 heteroatoms. The molecular weight excluding hydrogens is 470 g/mol. The van der Waals surface area contributed by atoms with E-state index in [4.69, 9.17) is 11.5 Å². The van der Waals surface area contributed by atoms with Crippen molar-refractivity contribution in [2.75, 3.05) is 13.1 Å². The molecular formula is C28H35N5O4. The molecule has 9 nitrogen and oxygen atoms in total. The van der Waals surface area contributed by atoms with Crippen LogP contribution in [0.3, 0.4) is 0 Å². The standard InChI is InChI=1S/C28H35N5O4/c1-17(2)13-21(31-26(35)20-10-6-7-18(14-20)15-29)27(36)32-12-11-22-25(32)23(34)16-33(22)28(37)24(30)19-8-4-3-5-9-19/h3-10,14,17,21-22,24-25H,11-13,15-16,29-30H2,1-2H3,(H,31,35)/t21?,22-,24-,25?/m1/s1. The summed E-state index contributed by atoms with van der Waals surface area (Å²) >= 11 is 0. The first kappa shape index (κ1) is 26.5. The van der Waals surface area contributed by atoms with Crippen molar-refractivity contribution in [2.24, 2.45) is 17.4 Å². The van der Waals surface area contributed by atoms with E-state index in [1.165, 1.54) is 9.80 Å². The summed E-state index contributed by atoms with van der Waals surface area (Å²) in [5.74, 6) is -1.06. The van der Waals surface area contributed by atoms with Gasteiger partial charge in [-0.15, -0.1) is 0 Å². The van der Waals surface area contributed by atoms with Crippen LogP contribution in [-0.4, -0.2) is 64.5 Å². The summed E-state index contributed by atoms with van der Waals surface area (Å²) in [4.78, 5) is 56.1. The molecule has 2 fully saturated rings. The molecule has 37 heavy (non-hydrogen) atoms. The van der Waals surface area contributed by atoms with Crippen LogP contribution in [0.4, 0.5) is 0 Å². The van der Waals surface area contributed by atoms with Crippen molar-refractivity contribution >= 4 is 23.5 Å². The lowest BCUT2D eigenvalue weighted by atomic mass is 10.0. The highest BCUT2D eigenvalue weighted by Crippen LogP contribution is 2.32. The highest BCUT2D eigenvalue weighted by molar-refractivity contribution is 6.01. The molecule has 2 aromatic rings. The quantitative estimate of drug-likeness (QED) is 0.495. The number of likely N-dealkylation sites (tertiary alicyclic amines) is 2. The Labute approximate surface area is 217 Å². The van der Waals surface area contributed by atoms with Crippen LogP contribution < -0.4 is 16.8 Å². The fourth-order valence-corrected chi connectivity index (χ4v) is 5.31. The van der Waals surface area contributed by atoms with Crippen molar-refractivity contribution in [3.05, 3.63) is 71.3 Å². The molecule has 3 amide bonds. The molecule has 0 bridgehead atoms. The molecule has 0 saturated carbocycles. The molecule has 2 aliphatic rings. The van der Waals surface area contributed by atoms with Crippen molar-refractivity contribution < 1.29 is 19.2 Å². The first-order chi connectivity index (χ1) is 17.7. The maximum absolute atomic E-state index is 13.7. The topological polar surface area (TPSA) is 139 Å². The van der Waals surface area contributed by atoms with E-state index in [9.17, 15) is 19.2 Å². The predicted octanol–water partition coefficient (Wildman–Crippen LogP) is 1.37. The van der Waals surface area contributed by atoms with E-state index in [0.29, 0.717) is 37.1 Å². The van der Waals surface area contributed by atoms with E-state index in [-0.39, 0.29) is 36.0 Å². The number of carbonyl (C=O) groups excluding carboxylic acids is 4. The summed E-state index contributed by atoms with van der Waals surface area (Å²) in [5.41, 5.74) is 13.9. The Morgan fingerprint density at radius 1 is 1.03 bits per heavy atom. The number of nitrogens with zero attached hydrogens (tertiary/aromatic N) is 2. The third-order valence-corrected chi connectivity index (χ3v) is 7.15. The number of Topliss-reactive ketones (excluding diaryl/α,β-unsaturated/α-hetero) is 1. The summed E-state index contributed by atoms with van der Waals surface area (Å²) in [6.45, 7) is 4.50. The average Bonchev–Trinajstić information content (AvgIpc) is 3.48. The van der Waals surface area contributed by atoms with Crippen LogP contribution in [0.2, 0.25) is 0 Å². The van der Waals surface area contributed by atoms with Crippen LogP contribution in [0.5, 0.6) is 0 Å². The normalized spacial score (nSPS) is 20.6. The third-order valence-electron chi connectivity index (χ3n) is 7.15. The SMILES string of the molecule is CC(C)CC(NC(=O)c1cccc(CN)c1)C(=O)N1CC[C@@H]2C1C(=O)CN2C(=O)[C@H](N)c1ccccc1. The second kappa shape index (κ2) is 11.2. The van der Waals surface area contributed by atoms with E-state index < -0.39 is 24.2 Å². The van der Waals surface area contributed by atoms with Crippen LogP contribution in [0, 0.1) is 5.92 Å². The zero-order chi connectivity index (χ0) is 26.7. The van der Waals surface area contributed by atoms with Crippen molar-refractivity contribution in [3.63, 3.8) is 0 Å². The van der Waals surface area contributed by atoms with Gasteiger partial charge in [-0.2, -0.15) is 0 Å². The van der Waals surface area contributed by atoms with E-state index in [0.717, 1.165) is 5.56 Å². The van der Waals surface area contributed by atoms with Gasteiger partial charge in [0.15, 0.2) is 5.78 Å². The second-order valence-corrected chi connectivity index (χ2v) is 10.2. The zero-order valence-corrected chi connectivity index (χ0v) is 21.3. The molecule has 2 aliphatic heterocycles. The van der Waals surface area contributed by atoms with Crippen molar-refractivity contribution in [1.29, 1.82) is 0 Å². The Balaban J connectivity index is 1.50. The van der Waals surface area contributed by atoms with Crippen molar-refractivity contribution in [1.82, 2.24) is 15.1 Å². The van der Waals surface area contributed by atoms with Gasteiger partial charge >= 0.3 is 0 Å². The molecule has 196 valence electrons. The molecule has 0 spiro atoms. The number of fused-ring (bicyclic) bond motifs is 1. The lowest BCUT2D eigenvalue weighted by molar-refractivity contribution is -0.138. The van der Waals surface area contributed by atoms with Gasteiger partial charge in [0.25, 0.3) is 5.91 Å². The van der Waals surface area contributed by atoms with E-state index in [1.807, 2.05) is 38.1 Å². The average molecular weight is 506 g/mol. The fraction of sp³-hybridized carbons (Fsp3) is 0.429. The van der Waals surface area contributed by atoms with E-state index >= 15 is 0 Å². The minimum absolute atomic E-state index is 0.0778. The highest BCUT2D eigenvalue weighted by Gasteiger charge is 2.52. The molecule has 2 aromatic carbocycles. The molecule has 0 radical (unpaired) electrons. The largest absolute Gasteiger partial charge is 0.340 e. The lowest BCUT2D eigenvalue weighted by Gasteiger charge is -2.29. The maximum atomic E-state index is 13.7. The minimum Gasteiger partial charge on any atom is -0.340 e. The first-order valence-electron chi connectivity index (χ1n) is 12.7. The zero-order valence-electron chi connectivity index (χ0n) is 21.3. The van der Waals surface area contributed by atoms with Gasteiger partial charge in [0.2, 0.25) is 11.8 Å². The van der Waals surface area contributed by atoms with Gasteiger partial charge < -0.3 is 26.6 Å². The number of hydrogen-bond acceptors (Lipinski definition) is 6. The number of ketones is 1. The lowest BCUT2D eigenvalue weighted by Crippen LogP contribution is -2.53. The van der Waals surface area contributed by atoms with E-state index in [1.54, 1.807) is 30.3 Å². The van der Waals surface area contributed by atoms with Crippen molar-refractivity contribution in [2.45, 2.75) is 57.4 Å². The Bertz CT molecular complexity index is 1170. The molecule has 0 aliphatic carbocycles. The molecule has 0 aromatic heterocycles. The molecule has 4 rings (SSSR count). The van der Waals surface area contributed by atoms with Gasteiger partial charge in [-0.3, -0.25) is 19.2 Å². The van der Waals surface area contributed by atoms with Crippen LogP contribution in [0.15, 0.2) is 54.6 Å². The third kappa shape index (κ3) is 5.57.